The largest absolute Gasteiger partial charge is 0.508 e. The molecule has 6 rings (SSSR count). The molecule has 0 saturated carbocycles. The van der Waals surface area contributed by atoms with E-state index in [0.717, 1.165) is 39.9 Å². The number of H-pyrrole nitrogens is 2. The Labute approximate surface area is 215 Å². The summed E-state index contributed by atoms with van der Waals surface area (Å²) in [5.41, 5.74) is 6.02. The number of carbonyl (C=O) groups excluding carboxylic acids is 1. The van der Waals surface area contributed by atoms with Crippen molar-refractivity contribution in [2.24, 2.45) is 0 Å². The maximum atomic E-state index is 14.0. The minimum Gasteiger partial charge on any atom is -0.508 e. The number of phenolic OH excluding ortho intramolecular Hbond substituents is 1. The third kappa shape index (κ3) is 4.32. The molecule has 0 radical (unpaired) electrons. The molecule has 4 N–H and O–H groups in total. The summed E-state index contributed by atoms with van der Waals surface area (Å²) in [6.45, 7) is 1.95. The number of phenols is 1. The lowest BCUT2D eigenvalue weighted by Gasteiger charge is -2.07. The van der Waals surface area contributed by atoms with Gasteiger partial charge in [0.1, 0.15) is 22.9 Å². The molecule has 10 heteroatoms. The number of hydrogen-bond acceptors (Lipinski definition) is 6. The second kappa shape index (κ2) is 9.40. The van der Waals surface area contributed by atoms with Crippen LogP contribution in [0.1, 0.15) is 19.8 Å². The first-order valence-corrected chi connectivity index (χ1v) is 12.1. The first kappa shape index (κ1) is 23.3. The summed E-state index contributed by atoms with van der Waals surface area (Å²) in [7, 11) is 0. The fraction of sp³-hybridized carbons (Fsp3) is 0.107. The first-order valence-electron chi connectivity index (χ1n) is 12.1. The van der Waals surface area contributed by atoms with Gasteiger partial charge >= 0.3 is 0 Å². The number of nitrogens with zero attached hydrogens (tertiary/aromatic N) is 4. The molecule has 188 valence electrons. The van der Waals surface area contributed by atoms with Crippen molar-refractivity contribution in [1.82, 2.24) is 30.1 Å². The smallest absolute Gasteiger partial charge is 0.224 e. The summed E-state index contributed by atoms with van der Waals surface area (Å²) in [5, 5.41) is 21.8. The fourth-order valence-corrected chi connectivity index (χ4v) is 4.52. The summed E-state index contributed by atoms with van der Waals surface area (Å²) >= 11 is 0. The van der Waals surface area contributed by atoms with Crippen LogP contribution in [0.2, 0.25) is 0 Å². The lowest BCUT2D eigenvalue weighted by molar-refractivity contribution is -0.116. The summed E-state index contributed by atoms with van der Waals surface area (Å²) in [6.07, 6.45) is 7.88. The van der Waals surface area contributed by atoms with Gasteiger partial charge in [-0.05, 0) is 53.9 Å². The summed E-state index contributed by atoms with van der Waals surface area (Å²) in [5.74, 6) is -0.736. The number of benzene rings is 1. The van der Waals surface area contributed by atoms with Crippen molar-refractivity contribution >= 4 is 33.7 Å². The maximum Gasteiger partial charge on any atom is 0.224 e. The second-order valence-electron chi connectivity index (χ2n) is 8.95. The van der Waals surface area contributed by atoms with Crippen molar-refractivity contribution < 1.29 is 14.3 Å². The van der Waals surface area contributed by atoms with Gasteiger partial charge in [-0.3, -0.25) is 14.9 Å². The Hall–Kier alpha value is -5.12. The van der Waals surface area contributed by atoms with Crippen LogP contribution in [0.3, 0.4) is 0 Å². The lowest BCUT2D eigenvalue weighted by Crippen LogP contribution is -2.10. The predicted molar refractivity (Wildman–Crippen MR) is 143 cm³/mol. The molecule has 0 atom stereocenters. The Bertz CT molecular complexity index is 1810. The van der Waals surface area contributed by atoms with Gasteiger partial charge in [-0.25, -0.2) is 14.4 Å². The Balaban J connectivity index is 1.41. The molecule has 0 aliphatic heterocycles. The number of aromatic nitrogens is 6. The van der Waals surface area contributed by atoms with Gasteiger partial charge in [0.05, 0.1) is 17.6 Å². The molecule has 0 fully saturated rings. The van der Waals surface area contributed by atoms with Crippen LogP contribution in [0, 0.1) is 5.82 Å². The molecule has 38 heavy (non-hydrogen) atoms. The highest BCUT2D eigenvalue weighted by Crippen LogP contribution is 2.35. The summed E-state index contributed by atoms with van der Waals surface area (Å²) in [6, 6.07) is 11.4. The van der Waals surface area contributed by atoms with Crippen LogP contribution in [0.5, 0.6) is 5.75 Å². The molecule has 6 aromatic rings. The van der Waals surface area contributed by atoms with Crippen molar-refractivity contribution in [2.75, 3.05) is 5.32 Å². The molecule has 9 nitrogen and oxygen atoms in total. The highest BCUT2D eigenvalue weighted by atomic mass is 19.1. The van der Waals surface area contributed by atoms with Crippen LogP contribution in [-0.2, 0) is 4.79 Å². The Kier molecular flexibility index (Phi) is 5.76. The van der Waals surface area contributed by atoms with Gasteiger partial charge in [0.2, 0.25) is 5.91 Å². The third-order valence-corrected chi connectivity index (χ3v) is 6.23. The Morgan fingerprint density at radius 3 is 2.68 bits per heavy atom. The number of fused-ring (bicyclic) bond motifs is 2. The van der Waals surface area contributed by atoms with Crippen molar-refractivity contribution in [2.45, 2.75) is 19.8 Å². The van der Waals surface area contributed by atoms with E-state index < -0.39 is 5.82 Å². The maximum absolute atomic E-state index is 14.0. The fourth-order valence-electron chi connectivity index (χ4n) is 4.52. The van der Waals surface area contributed by atoms with E-state index in [1.54, 1.807) is 30.9 Å². The third-order valence-electron chi connectivity index (χ3n) is 6.23. The highest BCUT2D eigenvalue weighted by Gasteiger charge is 2.16. The average molecular weight is 508 g/mol. The van der Waals surface area contributed by atoms with Gasteiger partial charge < -0.3 is 15.4 Å². The van der Waals surface area contributed by atoms with E-state index in [2.05, 4.69) is 35.5 Å². The molecular weight excluding hydrogens is 485 g/mol. The van der Waals surface area contributed by atoms with Gasteiger partial charge in [0.15, 0.2) is 5.65 Å². The van der Waals surface area contributed by atoms with Crippen molar-refractivity contribution in [3.63, 3.8) is 0 Å². The van der Waals surface area contributed by atoms with E-state index in [9.17, 15) is 14.3 Å². The number of pyridine rings is 3. The number of aromatic amines is 2. The SMILES string of the molecule is CCCC(=O)Nc1cncc(-c2cnc3[nH]nc(-c4cc5c(-c6cc(O)cc(F)c6)ccnc5[nH]4)c3c2)c1. The van der Waals surface area contributed by atoms with Crippen molar-refractivity contribution in [1.29, 1.82) is 0 Å². The van der Waals surface area contributed by atoms with Crippen LogP contribution in [-0.4, -0.2) is 41.1 Å². The Morgan fingerprint density at radius 2 is 1.84 bits per heavy atom. The average Bonchev–Trinajstić information content (AvgIpc) is 3.52. The molecule has 5 aromatic heterocycles. The normalized spacial score (nSPS) is 11.3. The molecule has 0 spiro atoms. The zero-order chi connectivity index (χ0) is 26.2. The van der Waals surface area contributed by atoms with Gasteiger partial charge in [-0.2, -0.15) is 5.10 Å². The van der Waals surface area contributed by atoms with Crippen LogP contribution < -0.4 is 5.32 Å². The molecular formula is C28H22FN7O2. The van der Waals surface area contributed by atoms with Crippen LogP contribution in [0.25, 0.3) is 55.7 Å². The Morgan fingerprint density at radius 1 is 0.974 bits per heavy atom. The molecule has 0 bridgehead atoms. The van der Waals surface area contributed by atoms with E-state index in [1.165, 1.54) is 12.1 Å². The first-order chi connectivity index (χ1) is 18.5. The second-order valence-corrected chi connectivity index (χ2v) is 8.95. The lowest BCUT2D eigenvalue weighted by atomic mass is 10.0. The van der Waals surface area contributed by atoms with Crippen molar-refractivity contribution in [3.05, 3.63) is 73.1 Å². The highest BCUT2D eigenvalue weighted by molar-refractivity contribution is 6.00. The molecule has 0 saturated heterocycles. The topological polar surface area (TPSA) is 132 Å². The molecule has 1 amide bonds. The monoisotopic (exact) mass is 507 g/mol. The van der Waals surface area contributed by atoms with Crippen molar-refractivity contribution in [3.8, 4) is 39.4 Å². The number of carbonyl (C=O) groups is 1. The standard InChI is InChI=1S/C28H22FN7O2/c1-2-3-25(38)33-19-7-16(12-30-14-19)17-9-23-26(35-36-28(23)32-13-17)24-11-22-21(4-5-31-27(22)34-24)15-6-18(29)10-20(37)8-15/h4-14,37H,2-3H2,1H3,(H,31,34)(H,33,38)(H,32,35,36). The van der Waals surface area contributed by atoms with Crippen LogP contribution >= 0.6 is 0 Å². The number of anilines is 1. The molecule has 0 aliphatic rings. The minimum absolute atomic E-state index is 0.0580. The van der Waals surface area contributed by atoms with E-state index in [-0.39, 0.29) is 11.7 Å². The quantitative estimate of drug-likeness (QED) is 0.225. The summed E-state index contributed by atoms with van der Waals surface area (Å²) < 4.78 is 14.0. The van der Waals surface area contributed by atoms with Gasteiger partial charge in [0, 0.05) is 53.0 Å². The van der Waals surface area contributed by atoms with E-state index in [1.807, 2.05) is 25.1 Å². The minimum atomic E-state index is -0.527. The zero-order valence-corrected chi connectivity index (χ0v) is 20.3. The molecule has 0 unspecified atom stereocenters. The van der Waals surface area contributed by atoms with Gasteiger partial charge in [0.25, 0.3) is 0 Å². The number of rotatable bonds is 6. The predicted octanol–water partition coefficient (Wildman–Crippen LogP) is 5.81. The number of halogens is 1. The molecule has 5 heterocycles. The van der Waals surface area contributed by atoms with E-state index >= 15 is 0 Å². The molecule has 0 aliphatic carbocycles. The zero-order valence-electron chi connectivity index (χ0n) is 20.3. The number of amides is 1. The van der Waals surface area contributed by atoms with Gasteiger partial charge in [-0.1, -0.05) is 6.92 Å². The number of hydrogen-bond donors (Lipinski definition) is 4. The van der Waals surface area contributed by atoms with E-state index in [0.29, 0.717) is 40.4 Å². The summed E-state index contributed by atoms with van der Waals surface area (Å²) in [4.78, 5) is 28.5. The molecule has 1 aromatic carbocycles. The van der Waals surface area contributed by atoms with Crippen LogP contribution in [0.4, 0.5) is 10.1 Å². The number of nitrogens with one attached hydrogen (secondary N) is 3. The van der Waals surface area contributed by atoms with E-state index in [4.69, 9.17) is 0 Å². The van der Waals surface area contributed by atoms with Crippen LogP contribution in [0.15, 0.2) is 67.3 Å². The van der Waals surface area contributed by atoms with Gasteiger partial charge in [-0.15, -0.1) is 0 Å². The number of aromatic hydroxyl groups is 1.